The highest BCUT2D eigenvalue weighted by molar-refractivity contribution is 6.74. The number of ether oxygens (including phenoxy) is 4. The summed E-state index contributed by atoms with van der Waals surface area (Å²) >= 11 is 0. The number of cyclic esters (lactones) is 1. The topological polar surface area (TPSA) is 109 Å². The molecule has 0 bridgehead atoms. The minimum Gasteiger partial charge on any atom is -0.497 e. The molecule has 10 heteroatoms. The lowest BCUT2D eigenvalue weighted by Crippen LogP contribution is -2.62. The van der Waals surface area contributed by atoms with Crippen molar-refractivity contribution < 1.29 is 37.8 Å². The van der Waals surface area contributed by atoms with Gasteiger partial charge in [-0.15, -0.1) is 0 Å². The van der Waals surface area contributed by atoms with Gasteiger partial charge in [-0.1, -0.05) is 41.2 Å². The van der Waals surface area contributed by atoms with E-state index in [0.29, 0.717) is 31.4 Å². The van der Waals surface area contributed by atoms with Gasteiger partial charge in [0, 0.05) is 31.6 Å². The summed E-state index contributed by atoms with van der Waals surface area (Å²) < 4.78 is 29.7. The van der Waals surface area contributed by atoms with Crippen molar-refractivity contribution in [3.63, 3.8) is 0 Å². The van der Waals surface area contributed by atoms with E-state index in [0.717, 1.165) is 23.4 Å². The Hall–Kier alpha value is -3.11. The molecular formula is C37H55NO8Si. The molecular weight excluding hydrogens is 614 g/mol. The van der Waals surface area contributed by atoms with Gasteiger partial charge in [0.25, 0.3) is 0 Å². The van der Waals surface area contributed by atoms with Gasteiger partial charge in [0.05, 0.1) is 18.7 Å². The zero-order chi connectivity index (χ0) is 34.9. The van der Waals surface area contributed by atoms with E-state index in [1.165, 1.54) is 13.8 Å². The van der Waals surface area contributed by atoms with E-state index < -0.39 is 25.9 Å². The summed E-state index contributed by atoms with van der Waals surface area (Å²) in [6.45, 7) is 23.7. The predicted octanol–water partition coefficient (Wildman–Crippen LogP) is 7.23. The number of esters is 3. The Bertz CT molecular complexity index is 1380. The SMILES string of the molecule is C=C1[C@@H](OC(C)=O)C[C@@H]2[C@](C)(CO[Si](C)(C)C(C)(C)C)[C@H](OC(C)=O)CC[C@@]2(C)[C@@H]1C[C@@H](Nc1ccc(OC)cc1)C1=CCOC1=O. The molecule has 260 valence electrons. The third kappa shape index (κ3) is 7.64. The molecule has 1 aromatic rings. The Morgan fingerprint density at radius 1 is 1.11 bits per heavy atom. The van der Waals surface area contributed by atoms with Crippen LogP contribution in [0.1, 0.15) is 74.1 Å². The lowest BCUT2D eigenvalue weighted by molar-refractivity contribution is -0.192. The molecule has 0 aromatic heterocycles. The van der Waals surface area contributed by atoms with E-state index >= 15 is 0 Å². The van der Waals surface area contributed by atoms with Gasteiger partial charge < -0.3 is 28.7 Å². The second-order valence-corrected chi connectivity index (χ2v) is 20.4. The lowest BCUT2D eigenvalue weighted by atomic mass is 9.45. The number of carbonyl (C=O) groups is 3. The molecule has 0 radical (unpaired) electrons. The summed E-state index contributed by atoms with van der Waals surface area (Å²) in [7, 11) is -0.561. The minimum atomic E-state index is -2.18. The van der Waals surface area contributed by atoms with Crippen LogP contribution in [0.3, 0.4) is 0 Å². The second kappa shape index (κ2) is 13.8. The fourth-order valence-electron chi connectivity index (χ4n) is 7.82. The zero-order valence-corrected chi connectivity index (χ0v) is 31.0. The Kier molecular flexibility index (Phi) is 10.8. The van der Waals surface area contributed by atoms with Crippen LogP contribution < -0.4 is 10.1 Å². The Labute approximate surface area is 281 Å². The standard InChI is InChI=1S/C37H55NO8Si/c1-23-29(20-30(28-17-19-43-34(28)41)38-26-12-14-27(42-9)15-13-26)36(7)18-16-33(46-25(3)40)37(8,22-44-47(10,11)35(4,5)6)32(36)21-31(23)45-24(2)39/h12-15,17,29-33,38H,1,16,18-22H2,2-11H3/t29-,30-,31+,32+,33-,36+,37+/m1/s1. The maximum Gasteiger partial charge on any atom is 0.336 e. The molecule has 0 saturated heterocycles. The number of hydrogen-bond acceptors (Lipinski definition) is 9. The van der Waals surface area contributed by atoms with Crippen LogP contribution in [0.4, 0.5) is 5.69 Å². The van der Waals surface area contributed by atoms with Crippen LogP contribution in [-0.4, -0.2) is 64.8 Å². The first-order valence-electron chi connectivity index (χ1n) is 16.8. The largest absolute Gasteiger partial charge is 0.497 e. The van der Waals surface area contributed by atoms with Crippen molar-refractivity contribution >= 4 is 31.9 Å². The molecule has 2 fully saturated rings. The number of fused-ring (bicyclic) bond motifs is 1. The molecule has 1 heterocycles. The van der Waals surface area contributed by atoms with E-state index in [4.69, 9.17) is 23.4 Å². The van der Waals surface area contributed by atoms with Crippen molar-refractivity contribution in [3.8, 4) is 5.75 Å². The molecule has 1 aliphatic heterocycles. The van der Waals surface area contributed by atoms with Crippen LogP contribution >= 0.6 is 0 Å². The summed E-state index contributed by atoms with van der Waals surface area (Å²) in [6.07, 6.45) is 3.43. The van der Waals surface area contributed by atoms with E-state index in [-0.39, 0.29) is 52.9 Å². The second-order valence-electron chi connectivity index (χ2n) is 15.6. The van der Waals surface area contributed by atoms with Crippen LogP contribution in [0.5, 0.6) is 5.75 Å². The van der Waals surface area contributed by atoms with Gasteiger partial charge in [-0.05, 0) is 97.0 Å². The van der Waals surface area contributed by atoms with Crippen LogP contribution in [-0.2, 0) is 33.0 Å². The Morgan fingerprint density at radius 2 is 1.74 bits per heavy atom. The number of anilines is 1. The van der Waals surface area contributed by atoms with Gasteiger partial charge in [0.15, 0.2) is 8.32 Å². The number of nitrogens with one attached hydrogen (secondary N) is 1. The molecule has 0 spiro atoms. The highest BCUT2D eigenvalue weighted by atomic mass is 28.4. The smallest absolute Gasteiger partial charge is 0.336 e. The molecule has 4 rings (SSSR count). The van der Waals surface area contributed by atoms with Crippen LogP contribution in [0.15, 0.2) is 48.1 Å². The van der Waals surface area contributed by atoms with Crippen molar-refractivity contribution in [2.45, 2.75) is 111 Å². The van der Waals surface area contributed by atoms with Crippen LogP contribution in [0.2, 0.25) is 18.1 Å². The Morgan fingerprint density at radius 3 is 2.28 bits per heavy atom. The number of hydrogen-bond donors (Lipinski definition) is 1. The van der Waals surface area contributed by atoms with Gasteiger partial charge >= 0.3 is 17.9 Å². The summed E-state index contributed by atoms with van der Waals surface area (Å²) in [5.74, 6) is -0.511. The van der Waals surface area contributed by atoms with Gasteiger partial charge in [-0.3, -0.25) is 9.59 Å². The van der Waals surface area contributed by atoms with Crippen molar-refractivity contribution in [2.75, 3.05) is 25.6 Å². The first kappa shape index (κ1) is 36.7. The molecule has 0 unspecified atom stereocenters. The molecule has 3 aliphatic rings. The first-order chi connectivity index (χ1) is 21.8. The van der Waals surface area contributed by atoms with Crippen molar-refractivity contribution in [2.24, 2.45) is 22.7 Å². The maximum atomic E-state index is 13.0. The van der Waals surface area contributed by atoms with Crippen molar-refractivity contribution in [1.29, 1.82) is 0 Å². The molecule has 2 saturated carbocycles. The number of carbonyl (C=O) groups excluding carboxylic acids is 3. The minimum absolute atomic E-state index is 0.00805. The van der Waals surface area contributed by atoms with E-state index in [1.807, 2.05) is 30.3 Å². The predicted molar refractivity (Wildman–Crippen MR) is 185 cm³/mol. The molecule has 0 amide bonds. The fourth-order valence-corrected chi connectivity index (χ4v) is 8.93. The normalized spacial score (nSPS) is 30.0. The summed E-state index contributed by atoms with van der Waals surface area (Å²) in [6, 6.07) is 7.20. The number of rotatable bonds is 11. The summed E-state index contributed by atoms with van der Waals surface area (Å²) in [5, 5.41) is 3.59. The molecule has 1 N–H and O–H groups in total. The third-order valence-corrected chi connectivity index (χ3v) is 16.1. The first-order valence-corrected chi connectivity index (χ1v) is 19.7. The molecule has 2 aliphatic carbocycles. The number of benzene rings is 1. The average molecular weight is 670 g/mol. The highest BCUT2D eigenvalue weighted by Crippen LogP contribution is 2.63. The number of methoxy groups -OCH3 is 1. The van der Waals surface area contributed by atoms with E-state index in [2.05, 4.69) is 59.6 Å². The van der Waals surface area contributed by atoms with Gasteiger partial charge in [-0.2, -0.15) is 0 Å². The monoisotopic (exact) mass is 669 g/mol. The Balaban J connectivity index is 1.78. The fraction of sp³-hybridized carbons (Fsp3) is 0.649. The molecule has 47 heavy (non-hydrogen) atoms. The summed E-state index contributed by atoms with van der Waals surface area (Å²) in [5.41, 5.74) is 1.34. The van der Waals surface area contributed by atoms with Gasteiger partial charge in [-0.25, -0.2) is 4.79 Å². The average Bonchev–Trinajstić information content (AvgIpc) is 3.41. The van der Waals surface area contributed by atoms with Crippen LogP contribution in [0.25, 0.3) is 0 Å². The lowest BCUT2D eigenvalue weighted by Gasteiger charge is -2.62. The quantitative estimate of drug-likeness (QED) is 0.113. The van der Waals surface area contributed by atoms with E-state index in [1.54, 1.807) is 7.11 Å². The van der Waals surface area contributed by atoms with Crippen molar-refractivity contribution in [1.82, 2.24) is 0 Å². The molecule has 1 aromatic carbocycles. The molecule has 7 atom stereocenters. The van der Waals surface area contributed by atoms with E-state index in [9.17, 15) is 14.4 Å². The molecule has 9 nitrogen and oxygen atoms in total. The maximum absolute atomic E-state index is 13.0. The highest BCUT2D eigenvalue weighted by Gasteiger charge is 2.62. The third-order valence-electron chi connectivity index (χ3n) is 11.6. The van der Waals surface area contributed by atoms with Gasteiger partial charge in [0.1, 0.15) is 24.6 Å². The summed E-state index contributed by atoms with van der Waals surface area (Å²) in [4.78, 5) is 37.9. The zero-order valence-electron chi connectivity index (χ0n) is 30.0. The van der Waals surface area contributed by atoms with Gasteiger partial charge in [0.2, 0.25) is 0 Å². The van der Waals surface area contributed by atoms with Crippen molar-refractivity contribution in [3.05, 3.63) is 48.1 Å². The van der Waals surface area contributed by atoms with Crippen LogP contribution in [0, 0.1) is 22.7 Å².